The highest BCUT2D eigenvalue weighted by atomic mass is 35.5. The van der Waals surface area contributed by atoms with Gasteiger partial charge in [0.25, 0.3) is 10.0 Å². The predicted molar refractivity (Wildman–Crippen MR) is 71.2 cm³/mol. The van der Waals surface area contributed by atoms with Crippen LogP contribution in [0.25, 0.3) is 0 Å². The number of nitrogens with one attached hydrogen (secondary N) is 1. The highest BCUT2D eigenvalue weighted by Gasteiger charge is 2.17. The summed E-state index contributed by atoms with van der Waals surface area (Å²) >= 11 is 5.85. The summed E-state index contributed by atoms with van der Waals surface area (Å²) in [6, 6.07) is 6.14. The quantitative estimate of drug-likeness (QED) is 0.887. The second-order valence-electron chi connectivity index (χ2n) is 3.85. The number of hydrogen-bond donors (Lipinski definition) is 1. The highest BCUT2D eigenvalue weighted by Crippen LogP contribution is 2.25. The van der Waals surface area contributed by atoms with Crippen molar-refractivity contribution in [3.8, 4) is 0 Å². The molecule has 2 rings (SSSR count). The predicted octanol–water partition coefficient (Wildman–Crippen LogP) is 2.98. The van der Waals surface area contributed by atoms with Crippen molar-refractivity contribution in [2.45, 2.75) is 11.8 Å². The molecule has 1 aromatic carbocycles. The number of sulfonamides is 1. The molecule has 0 bridgehead atoms. The third kappa shape index (κ3) is 3.02. The summed E-state index contributed by atoms with van der Waals surface area (Å²) in [7, 11) is -3.82. The third-order valence-electron chi connectivity index (χ3n) is 2.47. The van der Waals surface area contributed by atoms with E-state index in [1.807, 2.05) is 0 Å². The lowest BCUT2D eigenvalue weighted by Crippen LogP contribution is -2.14. The molecule has 0 aliphatic carbocycles. The van der Waals surface area contributed by atoms with Gasteiger partial charge in [-0.25, -0.2) is 17.8 Å². The van der Waals surface area contributed by atoms with Gasteiger partial charge in [0.1, 0.15) is 5.82 Å². The van der Waals surface area contributed by atoms with E-state index < -0.39 is 15.8 Å². The second-order valence-corrected chi connectivity index (χ2v) is 5.89. The molecule has 0 unspecified atom stereocenters. The number of hydrogen-bond acceptors (Lipinski definition) is 3. The summed E-state index contributed by atoms with van der Waals surface area (Å²) in [4.78, 5) is 3.76. The minimum atomic E-state index is -3.82. The maximum atomic E-state index is 12.8. The Kier molecular flexibility index (Phi) is 3.73. The lowest BCUT2D eigenvalue weighted by Gasteiger charge is -2.11. The lowest BCUT2D eigenvalue weighted by atomic mass is 10.3. The Morgan fingerprint density at radius 2 is 1.84 bits per heavy atom. The fraction of sp³-hybridized carbons (Fsp3) is 0.0833. The Hall–Kier alpha value is -1.66. The van der Waals surface area contributed by atoms with Crippen LogP contribution in [0.2, 0.25) is 5.15 Å². The molecule has 19 heavy (non-hydrogen) atoms. The van der Waals surface area contributed by atoms with Crippen molar-refractivity contribution in [1.82, 2.24) is 4.98 Å². The molecule has 2 aromatic rings. The normalized spacial score (nSPS) is 11.3. The fourth-order valence-electron chi connectivity index (χ4n) is 1.45. The number of nitrogens with zero attached hydrogens (tertiary/aromatic N) is 1. The number of benzene rings is 1. The van der Waals surface area contributed by atoms with Crippen LogP contribution in [0.3, 0.4) is 0 Å². The molecule has 0 saturated carbocycles. The minimum Gasteiger partial charge on any atom is -0.276 e. The molecule has 100 valence electrons. The summed E-state index contributed by atoms with van der Waals surface area (Å²) in [6.45, 7) is 1.70. The monoisotopic (exact) mass is 300 g/mol. The second kappa shape index (κ2) is 5.14. The van der Waals surface area contributed by atoms with Crippen molar-refractivity contribution in [1.29, 1.82) is 0 Å². The van der Waals surface area contributed by atoms with Crippen LogP contribution in [0.4, 0.5) is 10.1 Å². The van der Waals surface area contributed by atoms with Crippen LogP contribution in [0.5, 0.6) is 0 Å². The molecule has 0 atom stereocenters. The van der Waals surface area contributed by atoms with Crippen LogP contribution in [0.15, 0.2) is 41.4 Å². The first-order valence-corrected chi connectivity index (χ1v) is 7.16. The summed E-state index contributed by atoms with van der Waals surface area (Å²) in [6.07, 6.45) is 1.48. The van der Waals surface area contributed by atoms with E-state index >= 15 is 0 Å². The first kappa shape index (κ1) is 13.8. The molecule has 7 heteroatoms. The highest BCUT2D eigenvalue weighted by molar-refractivity contribution is 7.92. The Balaban J connectivity index is 2.39. The standard InChI is InChI=1S/C12H10ClFN2O2S/c1-8-6-7-15-12(13)11(8)16-19(17,18)10-4-2-9(14)3-5-10/h2-7,16H,1H3. The Labute approximate surface area is 115 Å². The van der Waals surface area contributed by atoms with E-state index in [4.69, 9.17) is 11.6 Å². The van der Waals surface area contributed by atoms with Gasteiger partial charge in [-0.15, -0.1) is 0 Å². The number of halogens is 2. The van der Waals surface area contributed by atoms with Gasteiger partial charge in [-0.3, -0.25) is 4.72 Å². The zero-order valence-corrected chi connectivity index (χ0v) is 11.5. The van der Waals surface area contributed by atoms with Crippen molar-refractivity contribution in [2.75, 3.05) is 4.72 Å². The SMILES string of the molecule is Cc1ccnc(Cl)c1NS(=O)(=O)c1ccc(F)cc1. The van der Waals surface area contributed by atoms with E-state index in [1.54, 1.807) is 13.0 Å². The van der Waals surface area contributed by atoms with E-state index in [2.05, 4.69) is 9.71 Å². The van der Waals surface area contributed by atoms with E-state index in [0.29, 0.717) is 5.56 Å². The van der Waals surface area contributed by atoms with Gasteiger partial charge in [0.15, 0.2) is 5.15 Å². The lowest BCUT2D eigenvalue weighted by molar-refractivity contribution is 0.599. The van der Waals surface area contributed by atoms with Gasteiger partial charge < -0.3 is 0 Å². The van der Waals surface area contributed by atoms with Gasteiger partial charge in [-0.05, 0) is 42.8 Å². The molecular formula is C12H10ClFN2O2S. The molecule has 0 amide bonds. The van der Waals surface area contributed by atoms with E-state index in [9.17, 15) is 12.8 Å². The van der Waals surface area contributed by atoms with Gasteiger partial charge >= 0.3 is 0 Å². The number of aryl methyl sites for hydroxylation is 1. The molecule has 1 N–H and O–H groups in total. The molecule has 0 fully saturated rings. The van der Waals surface area contributed by atoms with Gasteiger partial charge in [0, 0.05) is 6.20 Å². The van der Waals surface area contributed by atoms with Crippen LogP contribution in [-0.2, 0) is 10.0 Å². The Morgan fingerprint density at radius 1 is 1.21 bits per heavy atom. The molecule has 0 spiro atoms. The molecular weight excluding hydrogens is 291 g/mol. The summed E-state index contributed by atoms with van der Waals surface area (Å²) in [5, 5.41) is 0.0608. The first-order valence-electron chi connectivity index (χ1n) is 5.29. The van der Waals surface area contributed by atoms with E-state index in [-0.39, 0.29) is 15.7 Å². The summed E-state index contributed by atoms with van der Waals surface area (Å²) in [5.41, 5.74) is 0.860. The van der Waals surface area contributed by atoms with Gasteiger partial charge in [0.2, 0.25) is 0 Å². The number of aromatic nitrogens is 1. The van der Waals surface area contributed by atoms with Crippen LogP contribution in [0.1, 0.15) is 5.56 Å². The number of rotatable bonds is 3. The van der Waals surface area contributed by atoms with Gasteiger partial charge in [0.05, 0.1) is 10.6 Å². The summed E-state index contributed by atoms with van der Waals surface area (Å²) < 4.78 is 39.3. The van der Waals surface area contributed by atoms with Crippen LogP contribution < -0.4 is 4.72 Å². The first-order chi connectivity index (χ1) is 8.90. The van der Waals surface area contributed by atoms with Gasteiger partial charge in [-0.2, -0.15) is 0 Å². The van der Waals surface area contributed by atoms with Crippen molar-refractivity contribution in [2.24, 2.45) is 0 Å². The van der Waals surface area contributed by atoms with E-state index in [0.717, 1.165) is 12.1 Å². The molecule has 1 heterocycles. The van der Waals surface area contributed by atoms with Crippen molar-refractivity contribution in [3.63, 3.8) is 0 Å². The maximum Gasteiger partial charge on any atom is 0.262 e. The Morgan fingerprint density at radius 3 is 2.42 bits per heavy atom. The topological polar surface area (TPSA) is 59.1 Å². The molecule has 0 aliphatic heterocycles. The molecule has 0 saturated heterocycles. The summed E-state index contributed by atoms with van der Waals surface area (Å²) in [5.74, 6) is -0.505. The van der Waals surface area contributed by atoms with Gasteiger partial charge in [-0.1, -0.05) is 11.6 Å². The molecule has 0 radical (unpaired) electrons. The van der Waals surface area contributed by atoms with Crippen LogP contribution in [0, 0.1) is 12.7 Å². The molecule has 0 aliphatic rings. The zero-order valence-electron chi connectivity index (χ0n) is 9.89. The average molecular weight is 301 g/mol. The Bertz CT molecular complexity index is 682. The fourth-order valence-corrected chi connectivity index (χ4v) is 2.90. The number of anilines is 1. The maximum absolute atomic E-state index is 12.8. The van der Waals surface area contributed by atoms with Crippen LogP contribution >= 0.6 is 11.6 Å². The van der Waals surface area contributed by atoms with Crippen molar-refractivity contribution < 1.29 is 12.8 Å². The van der Waals surface area contributed by atoms with Crippen molar-refractivity contribution in [3.05, 3.63) is 53.1 Å². The van der Waals surface area contributed by atoms with Crippen LogP contribution in [-0.4, -0.2) is 13.4 Å². The molecule has 1 aromatic heterocycles. The van der Waals surface area contributed by atoms with Crippen molar-refractivity contribution >= 4 is 27.3 Å². The van der Waals surface area contributed by atoms with E-state index in [1.165, 1.54) is 18.3 Å². The largest absolute Gasteiger partial charge is 0.276 e. The average Bonchev–Trinajstić information content (AvgIpc) is 2.35. The zero-order chi connectivity index (χ0) is 14.0. The molecule has 4 nitrogen and oxygen atoms in total. The minimum absolute atomic E-state index is 0.0479. The third-order valence-corrected chi connectivity index (χ3v) is 4.13. The smallest absolute Gasteiger partial charge is 0.262 e. The number of pyridine rings is 1.